The molecule has 31 heavy (non-hydrogen) atoms. The molecule has 0 bridgehead atoms. The number of rotatable bonds is 6. The first-order chi connectivity index (χ1) is 15.1. The molecule has 0 saturated carbocycles. The minimum atomic E-state index is -0.560. The van der Waals surface area contributed by atoms with Crippen molar-refractivity contribution >= 4 is 28.3 Å². The Morgan fingerprint density at radius 3 is 2.77 bits per heavy atom. The van der Waals surface area contributed by atoms with Gasteiger partial charge in [-0.1, -0.05) is 25.1 Å². The molecule has 158 valence electrons. The molecule has 4 rings (SSSR count). The zero-order chi connectivity index (χ0) is 21.8. The highest BCUT2D eigenvalue weighted by atomic mass is 19.1. The molecule has 2 heterocycles. The summed E-state index contributed by atoms with van der Waals surface area (Å²) >= 11 is 0. The van der Waals surface area contributed by atoms with E-state index >= 15 is 0 Å². The van der Waals surface area contributed by atoms with E-state index in [4.69, 9.17) is 0 Å². The number of nitrogens with zero attached hydrogens (tertiary/aromatic N) is 3. The lowest BCUT2D eigenvalue weighted by atomic mass is 10.0. The van der Waals surface area contributed by atoms with Gasteiger partial charge in [0.15, 0.2) is 0 Å². The fourth-order valence-corrected chi connectivity index (χ4v) is 3.43. The third kappa shape index (κ3) is 4.39. The molecule has 8 heteroatoms. The van der Waals surface area contributed by atoms with Crippen LogP contribution >= 0.6 is 0 Å². The van der Waals surface area contributed by atoms with Gasteiger partial charge in [-0.05, 0) is 41.8 Å². The summed E-state index contributed by atoms with van der Waals surface area (Å²) in [7, 11) is 0. The van der Waals surface area contributed by atoms with Crippen LogP contribution < -0.4 is 10.6 Å². The molecule has 2 aromatic heterocycles. The van der Waals surface area contributed by atoms with Crippen LogP contribution in [0.1, 0.15) is 12.5 Å². The highest BCUT2D eigenvalue weighted by Gasteiger charge is 2.13. The summed E-state index contributed by atoms with van der Waals surface area (Å²) in [4.78, 5) is 16.5. The van der Waals surface area contributed by atoms with Crippen LogP contribution in [0, 0.1) is 5.82 Å². The van der Waals surface area contributed by atoms with Gasteiger partial charge in [0.25, 0.3) is 0 Å². The summed E-state index contributed by atoms with van der Waals surface area (Å²) in [6.45, 7) is 2.34. The summed E-state index contributed by atoms with van der Waals surface area (Å²) < 4.78 is 16.4. The minimum Gasteiger partial charge on any atom is -0.394 e. The molecule has 0 saturated heterocycles. The van der Waals surface area contributed by atoms with Gasteiger partial charge in [0.1, 0.15) is 5.82 Å². The number of fused-ring (bicyclic) bond motifs is 1. The van der Waals surface area contributed by atoms with Crippen molar-refractivity contribution in [2.24, 2.45) is 0 Å². The number of carbonyl (C=O) groups excluding carboxylic acids is 1. The molecular weight excluding hydrogens is 397 g/mol. The molecule has 7 nitrogen and oxygen atoms in total. The second-order valence-corrected chi connectivity index (χ2v) is 7.04. The van der Waals surface area contributed by atoms with Gasteiger partial charge in [0.2, 0.25) is 0 Å². The number of aromatic nitrogens is 3. The topological polar surface area (TPSA) is 92.1 Å². The summed E-state index contributed by atoms with van der Waals surface area (Å²) in [6.07, 6.45) is 5.83. The van der Waals surface area contributed by atoms with E-state index in [1.54, 1.807) is 35.4 Å². The van der Waals surface area contributed by atoms with E-state index in [1.807, 2.05) is 25.1 Å². The molecule has 3 N–H and O–H groups in total. The molecule has 0 radical (unpaired) electrons. The second kappa shape index (κ2) is 8.93. The Kier molecular flexibility index (Phi) is 5.90. The van der Waals surface area contributed by atoms with E-state index in [0.29, 0.717) is 23.4 Å². The van der Waals surface area contributed by atoms with Gasteiger partial charge in [0.05, 0.1) is 36.7 Å². The van der Waals surface area contributed by atoms with Gasteiger partial charge < -0.3 is 15.7 Å². The maximum Gasteiger partial charge on any atom is 0.323 e. The van der Waals surface area contributed by atoms with Gasteiger partial charge in [-0.2, -0.15) is 5.10 Å². The normalized spacial score (nSPS) is 10.9. The fourth-order valence-electron chi connectivity index (χ4n) is 3.43. The van der Waals surface area contributed by atoms with Crippen molar-refractivity contribution in [3.8, 4) is 11.1 Å². The predicted molar refractivity (Wildman–Crippen MR) is 118 cm³/mol. The highest BCUT2D eigenvalue weighted by molar-refractivity contribution is 6.00. The van der Waals surface area contributed by atoms with E-state index in [0.717, 1.165) is 22.9 Å². The van der Waals surface area contributed by atoms with Crippen molar-refractivity contribution in [1.29, 1.82) is 0 Å². The first-order valence-corrected chi connectivity index (χ1v) is 9.96. The maximum absolute atomic E-state index is 14.8. The standard InChI is InChI=1S/C23H22FN5O2/c1-2-15-4-3-5-17(10-15)27-23(31)28-21-7-6-16(11-20(21)24)18-12-25-14-22-19(18)13-26-29(22)8-9-30/h3-7,10-14,30H,2,8-9H2,1H3,(H2,27,28,31). The number of aliphatic hydroxyl groups excluding tert-OH is 1. The summed E-state index contributed by atoms with van der Waals surface area (Å²) in [6, 6.07) is 11.6. The van der Waals surface area contributed by atoms with Crippen LogP contribution in [0.15, 0.2) is 61.1 Å². The van der Waals surface area contributed by atoms with Crippen LogP contribution in [0.25, 0.3) is 22.0 Å². The number of hydrogen-bond acceptors (Lipinski definition) is 4. The lowest BCUT2D eigenvalue weighted by Crippen LogP contribution is -2.20. The van der Waals surface area contributed by atoms with Crippen molar-refractivity contribution in [1.82, 2.24) is 14.8 Å². The SMILES string of the molecule is CCc1cccc(NC(=O)Nc2ccc(-c3cncc4c3cnn4CCO)cc2F)c1. The number of pyridine rings is 1. The first kappa shape index (κ1) is 20.5. The Morgan fingerprint density at radius 2 is 2.00 bits per heavy atom. The van der Waals surface area contributed by atoms with Gasteiger partial charge in [-0.3, -0.25) is 9.67 Å². The number of aryl methyl sites for hydroxylation is 1. The van der Waals surface area contributed by atoms with E-state index in [1.165, 1.54) is 12.1 Å². The summed E-state index contributed by atoms with van der Waals surface area (Å²) in [5.74, 6) is -0.560. The molecule has 0 fully saturated rings. The van der Waals surface area contributed by atoms with Crippen LogP contribution in [0.4, 0.5) is 20.6 Å². The summed E-state index contributed by atoms with van der Waals surface area (Å²) in [5.41, 5.74) is 3.89. The van der Waals surface area contributed by atoms with Gasteiger partial charge in [0, 0.05) is 22.8 Å². The van der Waals surface area contributed by atoms with Crippen LogP contribution in [0.5, 0.6) is 0 Å². The van der Waals surface area contributed by atoms with Crippen molar-refractivity contribution in [2.45, 2.75) is 19.9 Å². The molecule has 0 atom stereocenters. The Balaban J connectivity index is 1.54. The molecule has 4 aromatic rings. The minimum absolute atomic E-state index is 0.0409. The van der Waals surface area contributed by atoms with Crippen LogP contribution in [-0.2, 0) is 13.0 Å². The Hall–Kier alpha value is -3.78. The van der Waals surface area contributed by atoms with Crippen LogP contribution in [0.3, 0.4) is 0 Å². The zero-order valence-corrected chi connectivity index (χ0v) is 17.0. The molecule has 0 unspecified atom stereocenters. The van der Waals surface area contributed by atoms with E-state index in [-0.39, 0.29) is 12.3 Å². The summed E-state index contributed by atoms with van der Waals surface area (Å²) in [5, 5.41) is 19.5. The predicted octanol–water partition coefficient (Wildman–Crippen LogP) is 4.44. The number of carbonyl (C=O) groups is 1. The number of aliphatic hydroxyl groups is 1. The van der Waals surface area contributed by atoms with Gasteiger partial charge >= 0.3 is 6.03 Å². The number of benzene rings is 2. The van der Waals surface area contributed by atoms with Gasteiger partial charge in [-0.25, -0.2) is 9.18 Å². The quantitative estimate of drug-likeness (QED) is 0.431. The number of amides is 2. The molecule has 2 amide bonds. The largest absolute Gasteiger partial charge is 0.394 e. The van der Waals surface area contributed by atoms with E-state index < -0.39 is 11.8 Å². The number of halogens is 1. The monoisotopic (exact) mass is 419 g/mol. The average Bonchev–Trinajstić information content (AvgIpc) is 3.18. The Bertz CT molecular complexity index is 1240. The Morgan fingerprint density at radius 1 is 1.13 bits per heavy atom. The molecule has 0 aliphatic rings. The molecule has 0 aliphatic heterocycles. The number of hydrogen-bond donors (Lipinski definition) is 3. The van der Waals surface area contributed by atoms with Crippen LogP contribution in [0.2, 0.25) is 0 Å². The van der Waals surface area contributed by atoms with Crippen molar-refractivity contribution in [2.75, 3.05) is 17.2 Å². The fraction of sp³-hybridized carbons (Fsp3) is 0.174. The number of anilines is 2. The lowest BCUT2D eigenvalue weighted by Gasteiger charge is -2.11. The highest BCUT2D eigenvalue weighted by Crippen LogP contribution is 2.30. The lowest BCUT2D eigenvalue weighted by molar-refractivity contribution is 0.262. The van der Waals surface area contributed by atoms with Crippen molar-refractivity contribution < 1.29 is 14.3 Å². The Labute approximate surface area is 178 Å². The smallest absolute Gasteiger partial charge is 0.323 e. The van der Waals surface area contributed by atoms with E-state index in [2.05, 4.69) is 20.7 Å². The van der Waals surface area contributed by atoms with E-state index in [9.17, 15) is 14.3 Å². The second-order valence-electron chi connectivity index (χ2n) is 7.04. The molecule has 2 aromatic carbocycles. The molecular formula is C23H22FN5O2. The van der Waals surface area contributed by atoms with Crippen molar-refractivity contribution in [3.05, 3.63) is 72.4 Å². The maximum atomic E-state index is 14.8. The van der Waals surface area contributed by atoms with Crippen LogP contribution in [-0.4, -0.2) is 32.5 Å². The number of nitrogens with one attached hydrogen (secondary N) is 2. The van der Waals surface area contributed by atoms with Crippen molar-refractivity contribution in [3.63, 3.8) is 0 Å². The van der Waals surface area contributed by atoms with Gasteiger partial charge in [-0.15, -0.1) is 0 Å². The zero-order valence-electron chi connectivity index (χ0n) is 17.0. The number of urea groups is 1. The molecule has 0 spiro atoms. The first-order valence-electron chi connectivity index (χ1n) is 9.96. The third-order valence-electron chi connectivity index (χ3n) is 5.00. The third-order valence-corrected chi connectivity index (χ3v) is 5.00. The molecule has 0 aliphatic carbocycles. The average molecular weight is 419 g/mol.